The largest absolute Gasteiger partial charge is 0.489 e. The Labute approximate surface area is 263 Å². The molecule has 3 aromatic rings. The number of rotatable bonds is 5. The van der Waals surface area contributed by atoms with E-state index in [0.29, 0.717) is 28.2 Å². The van der Waals surface area contributed by atoms with E-state index in [2.05, 4.69) is 21.9 Å². The number of hydrogen-bond acceptors (Lipinski definition) is 10. The summed E-state index contributed by atoms with van der Waals surface area (Å²) in [6, 6.07) is 0.995. The van der Waals surface area contributed by atoms with E-state index in [1.807, 2.05) is 39.8 Å². The molecule has 0 amide bonds. The van der Waals surface area contributed by atoms with Crippen molar-refractivity contribution < 1.29 is 28.8 Å². The molecule has 1 saturated heterocycles. The number of azide groups is 1. The highest BCUT2D eigenvalue weighted by Crippen LogP contribution is 2.52. The van der Waals surface area contributed by atoms with Gasteiger partial charge in [0, 0.05) is 35.1 Å². The van der Waals surface area contributed by atoms with Gasteiger partial charge in [0.05, 0.1) is 41.4 Å². The first-order valence-electron chi connectivity index (χ1n) is 15.3. The van der Waals surface area contributed by atoms with Crippen LogP contribution >= 0.6 is 0 Å². The molecule has 0 aliphatic carbocycles. The van der Waals surface area contributed by atoms with Crippen molar-refractivity contribution in [2.75, 3.05) is 6.61 Å². The monoisotopic (exact) mass is 637 g/mol. The van der Waals surface area contributed by atoms with Crippen molar-refractivity contribution in [3.63, 3.8) is 0 Å². The number of aliphatic hydroxyl groups is 2. The lowest BCUT2D eigenvalue weighted by Crippen LogP contribution is -2.34. The molecule has 0 bridgehead atoms. The number of ether oxygens (including phenoxy) is 3. The molecule has 2 aromatic heterocycles. The van der Waals surface area contributed by atoms with Crippen LogP contribution < -0.4 is 26.3 Å². The summed E-state index contributed by atoms with van der Waals surface area (Å²) in [5.41, 5.74) is 9.48. The molecule has 0 radical (unpaired) electrons. The molecule has 3 aliphatic heterocycles. The van der Waals surface area contributed by atoms with Gasteiger partial charge in [-0.2, -0.15) is 0 Å². The Hall–Kier alpha value is -4.36. The maximum atomic E-state index is 12.3. The van der Waals surface area contributed by atoms with Gasteiger partial charge in [-0.15, -0.1) is 0 Å². The zero-order valence-corrected chi connectivity index (χ0v) is 26.6. The van der Waals surface area contributed by atoms with Crippen LogP contribution in [0.25, 0.3) is 27.5 Å². The maximum absolute atomic E-state index is 12.3. The van der Waals surface area contributed by atoms with E-state index < -0.39 is 47.0 Å². The average molecular weight is 638 g/mol. The third-order valence-electron chi connectivity index (χ3n) is 8.66. The van der Waals surface area contributed by atoms with Crippen LogP contribution in [0.15, 0.2) is 42.3 Å². The molecule has 14 heteroatoms. The molecule has 0 spiro atoms. The summed E-state index contributed by atoms with van der Waals surface area (Å²) in [5, 5.41) is 24.4. The van der Waals surface area contributed by atoms with Crippen molar-refractivity contribution in [1.29, 1.82) is 0 Å². The normalized spacial score (nSPS) is 25.7. The highest BCUT2D eigenvalue weighted by Gasteiger charge is 2.40. The molecule has 6 rings (SSSR count). The zero-order valence-electron chi connectivity index (χ0n) is 26.6. The number of nitrogens with one attached hydrogen (secondary N) is 1. The van der Waals surface area contributed by atoms with Crippen molar-refractivity contribution >= 4 is 17.0 Å². The van der Waals surface area contributed by atoms with E-state index >= 15 is 0 Å². The molecule has 5 heterocycles. The van der Waals surface area contributed by atoms with Crippen molar-refractivity contribution in [3.05, 3.63) is 82.3 Å². The molecular weight excluding hydrogens is 598 g/mol. The summed E-state index contributed by atoms with van der Waals surface area (Å²) < 4.78 is 24.8. The molecule has 6 atom stereocenters. The second-order valence-corrected chi connectivity index (χ2v) is 12.5. The molecule has 46 heavy (non-hydrogen) atoms. The van der Waals surface area contributed by atoms with Gasteiger partial charge in [0.15, 0.2) is 5.58 Å². The number of aryl methyl sites for hydroxylation is 2. The number of aromatic nitrogens is 2. The quantitative estimate of drug-likeness (QED) is 0.159. The Bertz CT molecular complexity index is 1900. The van der Waals surface area contributed by atoms with Gasteiger partial charge in [-0.1, -0.05) is 25.4 Å². The third-order valence-corrected chi connectivity index (χ3v) is 8.66. The van der Waals surface area contributed by atoms with Gasteiger partial charge >= 0.3 is 11.3 Å². The second-order valence-electron chi connectivity index (χ2n) is 12.5. The first kappa shape index (κ1) is 33.0. The van der Waals surface area contributed by atoms with Crippen molar-refractivity contribution in [3.8, 4) is 11.5 Å². The topological polar surface area (TPSA) is 202 Å². The molecule has 0 unspecified atom stereocenters. The predicted octanol–water partition coefficient (Wildman–Crippen LogP) is 4.18. The minimum atomic E-state index is -0.778. The van der Waals surface area contributed by atoms with Crippen LogP contribution in [0.3, 0.4) is 0 Å². The highest BCUT2D eigenvalue weighted by molar-refractivity contribution is 5.97. The van der Waals surface area contributed by atoms with Crippen molar-refractivity contribution in [1.82, 2.24) is 9.55 Å². The van der Waals surface area contributed by atoms with Gasteiger partial charge in [-0.05, 0) is 57.4 Å². The van der Waals surface area contributed by atoms with E-state index in [4.69, 9.17) is 29.3 Å². The fourth-order valence-corrected chi connectivity index (χ4v) is 6.02. The number of nitrogens with zero attached hydrogens (tertiary/aromatic N) is 4. The summed E-state index contributed by atoms with van der Waals surface area (Å²) in [5.74, 6) is 1.10. The molecule has 3 aliphatic rings. The smallest absolute Gasteiger partial charge is 0.336 e. The van der Waals surface area contributed by atoms with Gasteiger partial charge in [0.25, 0.3) is 5.56 Å². The third kappa shape index (κ3) is 6.08. The van der Waals surface area contributed by atoms with E-state index in [0.717, 1.165) is 29.4 Å². The number of hydrogen-bond donors (Lipinski definition) is 3. The van der Waals surface area contributed by atoms with Crippen LogP contribution in [0.5, 0.6) is 11.5 Å². The number of H-pyrrole nitrogens is 1. The van der Waals surface area contributed by atoms with E-state index in [1.54, 1.807) is 6.92 Å². The van der Waals surface area contributed by atoms with Crippen molar-refractivity contribution in [2.24, 2.45) is 11.0 Å². The van der Waals surface area contributed by atoms with Crippen LogP contribution in [0.2, 0.25) is 0 Å². The fraction of sp³-hybridized carbons (Fsp3) is 0.531. The molecule has 1 aromatic carbocycles. The summed E-state index contributed by atoms with van der Waals surface area (Å²) in [7, 11) is 0. The first-order valence-corrected chi connectivity index (χ1v) is 15.3. The zero-order chi connectivity index (χ0) is 33.5. The average Bonchev–Trinajstić information content (AvgIpc) is 3.40. The summed E-state index contributed by atoms with van der Waals surface area (Å²) in [6.45, 7) is 11.2. The van der Waals surface area contributed by atoms with Gasteiger partial charge in [-0.3, -0.25) is 14.3 Å². The SMILES string of the molecule is CCCc1cc(=O)oc2c3c(c4c(c12)OC(C)(C)C=C4)O[C@H](C)[C@@H](C)[C@@H]3O.Cc1cn([C@H]2C[C@H](N=[N+]=[N-])[C@@H](CO)O2)c(=O)[nH]c1=O. The second kappa shape index (κ2) is 12.8. The minimum Gasteiger partial charge on any atom is -0.489 e. The molecule has 0 saturated carbocycles. The maximum Gasteiger partial charge on any atom is 0.336 e. The van der Waals surface area contributed by atoms with Gasteiger partial charge in [0.1, 0.15) is 29.4 Å². The van der Waals surface area contributed by atoms with Crippen molar-refractivity contribution in [2.45, 2.75) is 97.0 Å². The minimum absolute atomic E-state index is 0.121. The van der Waals surface area contributed by atoms with Gasteiger partial charge < -0.3 is 28.8 Å². The van der Waals surface area contributed by atoms with E-state index in [1.165, 1.54) is 16.8 Å². The van der Waals surface area contributed by atoms with E-state index in [-0.39, 0.29) is 25.0 Å². The number of aromatic amines is 1. The molecular formula is C32H39N5O9. The van der Waals surface area contributed by atoms with Crippen LogP contribution in [0.4, 0.5) is 0 Å². The van der Waals surface area contributed by atoms with Gasteiger partial charge in [-0.25, -0.2) is 9.59 Å². The molecule has 1 fully saturated rings. The molecule has 14 nitrogen and oxygen atoms in total. The van der Waals surface area contributed by atoms with Crippen LogP contribution in [0, 0.1) is 12.8 Å². The number of fused-ring (bicyclic) bond motifs is 6. The first-order chi connectivity index (χ1) is 21.8. The lowest BCUT2D eigenvalue weighted by Gasteiger charge is -2.37. The van der Waals surface area contributed by atoms with Crippen LogP contribution in [-0.2, 0) is 11.2 Å². The highest BCUT2D eigenvalue weighted by atomic mass is 16.5. The number of aliphatic hydroxyl groups excluding tert-OH is 2. The summed E-state index contributed by atoms with van der Waals surface area (Å²) in [6.07, 6.45) is 4.98. The lowest BCUT2D eigenvalue weighted by atomic mass is 9.85. The Morgan fingerprint density at radius 2 is 1.96 bits per heavy atom. The Kier molecular flexibility index (Phi) is 9.19. The lowest BCUT2D eigenvalue weighted by molar-refractivity contribution is -0.0271. The van der Waals surface area contributed by atoms with E-state index in [9.17, 15) is 19.5 Å². The molecule has 3 N–H and O–H groups in total. The Morgan fingerprint density at radius 1 is 1.22 bits per heavy atom. The summed E-state index contributed by atoms with van der Waals surface area (Å²) in [4.78, 5) is 40.1. The standard InChI is InChI=1S/C22H26O5.C10H13N5O4/c1-6-7-13-10-15(23)26-21-16(13)20-14(8-9-22(4,5)27-20)19-17(21)18(24)11(2)12(3)25-19;1-5-3-15(10(18)12-9(5)17)8-2-6(13-14-11)7(4-16)19-8/h8-12,18,24H,6-7H2,1-5H3;3,6-8,16H,2,4H2,1H3,(H,12,17,18)/t11-,12-,18+;6-,7+,8+/m10/s1. The number of benzene rings is 1. The summed E-state index contributed by atoms with van der Waals surface area (Å²) >= 11 is 0. The Morgan fingerprint density at radius 3 is 2.63 bits per heavy atom. The fourth-order valence-electron chi connectivity index (χ4n) is 6.02. The predicted molar refractivity (Wildman–Crippen MR) is 169 cm³/mol. The molecule has 246 valence electrons. The van der Waals surface area contributed by atoms with Crippen LogP contribution in [-0.4, -0.2) is 50.2 Å². The van der Waals surface area contributed by atoms with Crippen LogP contribution in [0.1, 0.15) is 82.0 Å². The van der Waals surface area contributed by atoms with Gasteiger partial charge in [0.2, 0.25) is 0 Å². The Balaban J connectivity index is 0.000000193.